The van der Waals surface area contributed by atoms with Crippen molar-refractivity contribution in [3.8, 4) is 11.5 Å². The van der Waals surface area contributed by atoms with E-state index in [1.807, 2.05) is 25.1 Å². The van der Waals surface area contributed by atoms with Crippen LogP contribution in [0.25, 0.3) is 0 Å². The van der Waals surface area contributed by atoms with Crippen LogP contribution in [0.1, 0.15) is 32.8 Å². The SMILES string of the molecule is CCCNCc1ccc(OC(C)C(C)O)c(OC)c1. The van der Waals surface area contributed by atoms with Gasteiger partial charge in [0.05, 0.1) is 13.2 Å². The van der Waals surface area contributed by atoms with Gasteiger partial charge in [0.25, 0.3) is 0 Å². The number of hydrogen-bond acceptors (Lipinski definition) is 4. The summed E-state index contributed by atoms with van der Waals surface area (Å²) in [7, 11) is 1.62. The minimum absolute atomic E-state index is 0.266. The van der Waals surface area contributed by atoms with Crippen molar-refractivity contribution < 1.29 is 14.6 Å². The lowest BCUT2D eigenvalue weighted by Gasteiger charge is -2.19. The Morgan fingerprint density at radius 2 is 2.00 bits per heavy atom. The van der Waals surface area contributed by atoms with E-state index in [2.05, 4.69) is 12.2 Å². The molecule has 0 radical (unpaired) electrons. The van der Waals surface area contributed by atoms with Crippen molar-refractivity contribution in [3.05, 3.63) is 23.8 Å². The van der Waals surface area contributed by atoms with Gasteiger partial charge in [-0.1, -0.05) is 13.0 Å². The molecular formula is C15H25NO3. The first kappa shape index (κ1) is 15.8. The van der Waals surface area contributed by atoms with E-state index in [-0.39, 0.29) is 6.10 Å². The zero-order valence-electron chi connectivity index (χ0n) is 12.3. The predicted molar refractivity (Wildman–Crippen MR) is 76.8 cm³/mol. The maximum absolute atomic E-state index is 9.47. The minimum Gasteiger partial charge on any atom is -0.493 e. The zero-order chi connectivity index (χ0) is 14.3. The molecule has 0 aromatic heterocycles. The molecule has 0 heterocycles. The maximum Gasteiger partial charge on any atom is 0.161 e. The first-order valence-corrected chi connectivity index (χ1v) is 6.80. The van der Waals surface area contributed by atoms with E-state index in [0.717, 1.165) is 25.1 Å². The van der Waals surface area contributed by atoms with Crippen molar-refractivity contribution in [2.45, 2.75) is 45.9 Å². The summed E-state index contributed by atoms with van der Waals surface area (Å²) in [6.07, 6.45) is 0.332. The predicted octanol–water partition coefficient (Wildman–Crippen LogP) is 2.34. The van der Waals surface area contributed by atoms with Gasteiger partial charge in [-0.3, -0.25) is 0 Å². The molecule has 0 bridgehead atoms. The molecule has 0 amide bonds. The molecule has 0 spiro atoms. The van der Waals surface area contributed by atoms with E-state index in [9.17, 15) is 5.11 Å². The summed E-state index contributed by atoms with van der Waals surface area (Å²) in [5, 5.41) is 12.8. The monoisotopic (exact) mass is 267 g/mol. The molecule has 0 aliphatic rings. The van der Waals surface area contributed by atoms with Crippen molar-refractivity contribution in [3.63, 3.8) is 0 Å². The summed E-state index contributed by atoms with van der Waals surface area (Å²) in [6, 6.07) is 5.86. The smallest absolute Gasteiger partial charge is 0.161 e. The standard InChI is InChI=1S/C15H25NO3/c1-5-8-16-10-13-6-7-14(15(9-13)18-4)19-12(3)11(2)17/h6-7,9,11-12,16-17H,5,8,10H2,1-4H3. The van der Waals surface area contributed by atoms with Crippen molar-refractivity contribution in [1.29, 1.82) is 0 Å². The van der Waals surface area contributed by atoms with Gasteiger partial charge in [0.2, 0.25) is 0 Å². The molecule has 0 fully saturated rings. The Morgan fingerprint density at radius 3 is 2.58 bits per heavy atom. The zero-order valence-corrected chi connectivity index (χ0v) is 12.3. The van der Waals surface area contributed by atoms with Gasteiger partial charge in [-0.2, -0.15) is 0 Å². The summed E-state index contributed by atoms with van der Waals surface area (Å²) in [5.41, 5.74) is 1.15. The van der Waals surface area contributed by atoms with Gasteiger partial charge in [0.1, 0.15) is 6.10 Å². The minimum atomic E-state index is -0.518. The van der Waals surface area contributed by atoms with E-state index >= 15 is 0 Å². The molecule has 1 rings (SSSR count). The van der Waals surface area contributed by atoms with Crippen LogP contribution in [-0.4, -0.2) is 31.0 Å². The Balaban J connectivity index is 2.72. The average molecular weight is 267 g/mol. The second-order valence-electron chi connectivity index (χ2n) is 4.73. The number of nitrogens with one attached hydrogen (secondary N) is 1. The van der Waals surface area contributed by atoms with E-state index in [1.165, 1.54) is 0 Å². The van der Waals surface area contributed by atoms with Gasteiger partial charge in [0, 0.05) is 6.54 Å². The van der Waals surface area contributed by atoms with Gasteiger partial charge in [-0.15, -0.1) is 0 Å². The third-order valence-electron chi connectivity index (χ3n) is 2.98. The van der Waals surface area contributed by atoms with Crippen LogP contribution in [0, 0.1) is 0 Å². The lowest BCUT2D eigenvalue weighted by atomic mass is 10.2. The van der Waals surface area contributed by atoms with Crippen LogP contribution in [0.4, 0.5) is 0 Å². The largest absolute Gasteiger partial charge is 0.493 e. The fraction of sp³-hybridized carbons (Fsp3) is 0.600. The summed E-state index contributed by atoms with van der Waals surface area (Å²) in [5.74, 6) is 1.36. The van der Waals surface area contributed by atoms with Gasteiger partial charge in [-0.05, 0) is 44.5 Å². The average Bonchev–Trinajstić information content (AvgIpc) is 2.40. The highest BCUT2D eigenvalue weighted by Gasteiger charge is 2.13. The van der Waals surface area contributed by atoms with E-state index in [1.54, 1.807) is 14.0 Å². The van der Waals surface area contributed by atoms with Gasteiger partial charge in [0.15, 0.2) is 11.5 Å². The Kier molecular flexibility index (Phi) is 6.67. The number of ether oxygens (including phenoxy) is 2. The molecule has 0 aliphatic heterocycles. The summed E-state index contributed by atoms with van der Waals surface area (Å²) >= 11 is 0. The Labute approximate surface area is 115 Å². The number of aliphatic hydroxyl groups excluding tert-OH is 1. The molecule has 19 heavy (non-hydrogen) atoms. The van der Waals surface area contributed by atoms with Crippen LogP contribution in [0.3, 0.4) is 0 Å². The van der Waals surface area contributed by atoms with Crippen molar-refractivity contribution >= 4 is 0 Å². The third kappa shape index (κ3) is 5.09. The molecule has 1 aromatic rings. The molecule has 4 heteroatoms. The van der Waals surface area contributed by atoms with Crippen molar-refractivity contribution in [2.75, 3.05) is 13.7 Å². The van der Waals surface area contributed by atoms with Gasteiger partial charge in [-0.25, -0.2) is 0 Å². The Hall–Kier alpha value is -1.26. The van der Waals surface area contributed by atoms with Crippen molar-refractivity contribution in [1.82, 2.24) is 5.32 Å². The molecule has 0 aliphatic carbocycles. The summed E-state index contributed by atoms with van der Waals surface area (Å²) in [6.45, 7) is 7.50. The number of methoxy groups -OCH3 is 1. The molecule has 2 atom stereocenters. The Bertz CT molecular complexity index is 380. The van der Waals surface area contributed by atoms with Crippen molar-refractivity contribution in [2.24, 2.45) is 0 Å². The van der Waals surface area contributed by atoms with Gasteiger partial charge < -0.3 is 19.9 Å². The second kappa shape index (κ2) is 8.02. The topological polar surface area (TPSA) is 50.7 Å². The normalized spacial score (nSPS) is 13.9. The second-order valence-corrected chi connectivity index (χ2v) is 4.73. The summed E-state index contributed by atoms with van der Waals surface area (Å²) in [4.78, 5) is 0. The van der Waals surface area contributed by atoms with Crippen LogP contribution >= 0.6 is 0 Å². The Morgan fingerprint density at radius 1 is 1.26 bits per heavy atom. The fourth-order valence-electron chi connectivity index (χ4n) is 1.63. The van der Waals surface area contributed by atoms with E-state index < -0.39 is 6.10 Å². The fourth-order valence-corrected chi connectivity index (χ4v) is 1.63. The lowest BCUT2D eigenvalue weighted by molar-refractivity contribution is 0.0586. The molecule has 4 nitrogen and oxygen atoms in total. The molecule has 0 saturated heterocycles. The highest BCUT2D eigenvalue weighted by Crippen LogP contribution is 2.29. The number of benzene rings is 1. The van der Waals surface area contributed by atoms with Crippen LogP contribution < -0.4 is 14.8 Å². The van der Waals surface area contributed by atoms with Gasteiger partial charge >= 0.3 is 0 Å². The van der Waals surface area contributed by atoms with Crippen LogP contribution in [0.5, 0.6) is 11.5 Å². The number of hydrogen-bond donors (Lipinski definition) is 2. The van der Waals surface area contributed by atoms with Crippen LogP contribution in [0.2, 0.25) is 0 Å². The quantitative estimate of drug-likeness (QED) is 0.710. The molecule has 108 valence electrons. The number of aliphatic hydroxyl groups is 1. The van der Waals surface area contributed by atoms with E-state index in [0.29, 0.717) is 11.5 Å². The molecule has 0 saturated carbocycles. The molecule has 2 N–H and O–H groups in total. The summed E-state index contributed by atoms with van der Waals surface area (Å²) < 4.78 is 11.0. The molecule has 1 aromatic carbocycles. The van der Waals surface area contributed by atoms with Crippen LogP contribution in [0.15, 0.2) is 18.2 Å². The first-order valence-electron chi connectivity index (χ1n) is 6.80. The van der Waals surface area contributed by atoms with E-state index in [4.69, 9.17) is 9.47 Å². The maximum atomic E-state index is 9.47. The van der Waals surface area contributed by atoms with Crippen LogP contribution in [-0.2, 0) is 6.54 Å². The highest BCUT2D eigenvalue weighted by molar-refractivity contribution is 5.43. The third-order valence-corrected chi connectivity index (χ3v) is 2.98. The highest BCUT2D eigenvalue weighted by atomic mass is 16.5. The lowest BCUT2D eigenvalue weighted by Crippen LogP contribution is -2.25. The first-order chi connectivity index (χ1) is 9.08. The molecular weight excluding hydrogens is 242 g/mol. The molecule has 2 unspecified atom stereocenters. The number of rotatable bonds is 8.